The van der Waals surface area contributed by atoms with Crippen molar-refractivity contribution in [3.63, 3.8) is 0 Å². The number of carboxylic acids is 1. The van der Waals surface area contributed by atoms with Crippen LogP contribution in [0, 0.1) is 0 Å². The molecule has 0 aliphatic carbocycles. The Balaban J connectivity index is 0. The zero-order valence-corrected chi connectivity index (χ0v) is 8.63. The van der Waals surface area contributed by atoms with Gasteiger partial charge in [0.1, 0.15) is 6.04 Å². The lowest BCUT2D eigenvalue weighted by molar-refractivity contribution is -0.139. The molecule has 0 aliphatic rings. The van der Waals surface area contributed by atoms with Crippen LogP contribution in [0.5, 0.6) is 0 Å². The maximum atomic E-state index is 10.4. The molecular formula is C7H18BNO6. The average Bonchev–Trinajstić information content (AvgIpc) is 2.10. The molecule has 15 heavy (non-hydrogen) atoms. The molecule has 8 heteroatoms. The first-order chi connectivity index (χ1) is 6.95. The lowest BCUT2D eigenvalue weighted by Crippen LogP contribution is -2.37. The molecule has 0 heterocycles. The highest BCUT2D eigenvalue weighted by atomic mass is 16.5. The van der Waals surface area contributed by atoms with Crippen molar-refractivity contribution in [3.05, 3.63) is 0 Å². The smallest absolute Gasteiger partial charge is 0.480 e. The van der Waals surface area contributed by atoms with E-state index in [1.165, 1.54) is 0 Å². The summed E-state index contributed by atoms with van der Waals surface area (Å²) in [6.07, 6.45) is 1.17. The monoisotopic (exact) mass is 223 g/mol. The van der Waals surface area contributed by atoms with Crippen LogP contribution in [0.25, 0.3) is 0 Å². The summed E-state index contributed by atoms with van der Waals surface area (Å²) >= 11 is 0. The van der Waals surface area contributed by atoms with Gasteiger partial charge in [-0.3, -0.25) is 4.79 Å². The minimum absolute atomic E-state index is 0.0896. The molecule has 0 aromatic heterocycles. The highest BCUT2D eigenvalue weighted by molar-refractivity contribution is 6.30. The van der Waals surface area contributed by atoms with Crippen molar-refractivity contribution in [2.24, 2.45) is 0 Å². The number of hydrogen-bond acceptors (Lipinski definition) is 6. The molecule has 6 N–H and O–H groups in total. The fraction of sp³-hybridized carbons (Fsp3) is 0.857. The second-order valence-electron chi connectivity index (χ2n) is 2.70. The lowest BCUT2D eigenvalue weighted by atomic mass is 10.2. The molecule has 90 valence electrons. The lowest BCUT2D eigenvalue weighted by Gasteiger charge is -2.11. The summed E-state index contributed by atoms with van der Waals surface area (Å²) < 4.78 is 0. The van der Waals surface area contributed by atoms with Gasteiger partial charge in [0, 0.05) is 6.61 Å². The molecule has 0 amide bonds. The van der Waals surface area contributed by atoms with Crippen molar-refractivity contribution in [2.45, 2.75) is 25.8 Å². The van der Waals surface area contributed by atoms with Crippen LogP contribution >= 0.6 is 0 Å². The number of aliphatic hydroxyl groups excluding tert-OH is 1. The first-order valence-corrected chi connectivity index (χ1v) is 4.56. The molecule has 0 saturated heterocycles. The average molecular weight is 223 g/mol. The van der Waals surface area contributed by atoms with E-state index in [2.05, 4.69) is 5.32 Å². The van der Waals surface area contributed by atoms with Crippen molar-refractivity contribution in [3.8, 4) is 0 Å². The molecule has 0 bridgehead atoms. The van der Waals surface area contributed by atoms with Crippen molar-refractivity contribution < 1.29 is 30.1 Å². The maximum Gasteiger partial charge on any atom is 0.631 e. The summed E-state index contributed by atoms with van der Waals surface area (Å²) in [5, 5.41) is 41.3. The van der Waals surface area contributed by atoms with Crippen LogP contribution in [0.3, 0.4) is 0 Å². The molecule has 0 aliphatic heterocycles. The SMILES string of the molecule is CCCN[C@@H](CCO)C(=O)O.OB(O)O. The van der Waals surface area contributed by atoms with Crippen LogP contribution in [0.1, 0.15) is 19.8 Å². The molecule has 0 unspecified atom stereocenters. The Bertz CT molecular complexity index is 154. The van der Waals surface area contributed by atoms with Crippen molar-refractivity contribution >= 4 is 13.3 Å². The summed E-state index contributed by atoms with van der Waals surface area (Å²) in [5.41, 5.74) is 0. The van der Waals surface area contributed by atoms with E-state index < -0.39 is 19.3 Å². The number of carboxylic acid groups (broad SMARTS) is 1. The fourth-order valence-electron chi connectivity index (χ4n) is 0.761. The van der Waals surface area contributed by atoms with Crippen LogP contribution in [-0.2, 0) is 4.79 Å². The van der Waals surface area contributed by atoms with Crippen molar-refractivity contribution in [1.82, 2.24) is 5.32 Å². The molecule has 0 rings (SSSR count). The molecule has 0 fully saturated rings. The summed E-state index contributed by atoms with van der Waals surface area (Å²) in [6, 6.07) is -0.597. The minimum Gasteiger partial charge on any atom is -0.480 e. The molecule has 7 nitrogen and oxygen atoms in total. The van der Waals surface area contributed by atoms with Gasteiger partial charge in [-0.05, 0) is 19.4 Å². The molecule has 0 radical (unpaired) electrons. The summed E-state index contributed by atoms with van der Waals surface area (Å²) in [7, 11) is -2.17. The molecular weight excluding hydrogens is 205 g/mol. The number of aliphatic hydroxyl groups is 1. The molecule has 0 spiro atoms. The van der Waals surface area contributed by atoms with E-state index in [-0.39, 0.29) is 13.0 Å². The Hall–Kier alpha value is -0.665. The topological polar surface area (TPSA) is 130 Å². The van der Waals surface area contributed by atoms with Crippen LogP contribution in [0.15, 0.2) is 0 Å². The minimum atomic E-state index is -2.17. The number of aliphatic carboxylic acids is 1. The van der Waals surface area contributed by atoms with Gasteiger partial charge in [0.2, 0.25) is 0 Å². The van der Waals surface area contributed by atoms with Crippen LogP contribution < -0.4 is 5.32 Å². The van der Waals surface area contributed by atoms with E-state index in [9.17, 15) is 4.79 Å². The number of carbonyl (C=O) groups is 1. The largest absolute Gasteiger partial charge is 0.631 e. The predicted molar refractivity (Wildman–Crippen MR) is 53.8 cm³/mol. The maximum absolute atomic E-state index is 10.4. The van der Waals surface area contributed by atoms with Crippen LogP contribution in [0.2, 0.25) is 0 Å². The van der Waals surface area contributed by atoms with E-state index in [1.807, 2.05) is 6.92 Å². The van der Waals surface area contributed by atoms with Gasteiger partial charge in [-0.1, -0.05) is 6.92 Å². The third-order valence-electron chi connectivity index (χ3n) is 1.36. The summed E-state index contributed by atoms with van der Waals surface area (Å²) in [6.45, 7) is 2.55. The normalized spacial score (nSPS) is 11.3. The van der Waals surface area contributed by atoms with Gasteiger partial charge in [0.15, 0.2) is 0 Å². The Kier molecular flexibility index (Phi) is 12.7. The van der Waals surface area contributed by atoms with E-state index >= 15 is 0 Å². The zero-order chi connectivity index (χ0) is 12.3. The quantitative estimate of drug-likeness (QED) is 0.281. The number of nitrogens with one attached hydrogen (secondary N) is 1. The second kappa shape index (κ2) is 11.4. The van der Waals surface area contributed by atoms with Gasteiger partial charge in [0.05, 0.1) is 0 Å². The molecule has 1 atom stereocenters. The van der Waals surface area contributed by atoms with Gasteiger partial charge in [-0.15, -0.1) is 0 Å². The van der Waals surface area contributed by atoms with Crippen molar-refractivity contribution in [1.29, 1.82) is 0 Å². The van der Waals surface area contributed by atoms with E-state index in [4.69, 9.17) is 25.3 Å². The molecule has 0 aromatic rings. The Morgan fingerprint density at radius 1 is 1.40 bits per heavy atom. The molecule has 0 saturated carbocycles. The predicted octanol–water partition coefficient (Wildman–Crippen LogP) is -2.23. The van der Waals surface area contributed by atoms with Crippen LogP contribution in [-0.4, -0.2) is 57.8 Å². The first-order valence-electron chi connectivity index (χ1n) is 4.56. The highest BCUT2D eigenvalue weighted by Gasteiger charge is 2.14. The number of hydrogen-bond donors (Lipinski definition) is 6. The standard InChI is InChI=1S/C7H15NO3.BH3O3/c1-2-4-8-6(3-5-9)7(10)11;2-1(3)4/h6,8-9H,2-5H2,1H3,(H,10,11);2-4H/t6-;/m0./s1. The zero-order valence-electron chi connectivity index (χ0n) is 8.63. The first kappa shape index (κ1) is 16.8. The Morgan fingerprint density at radius 2 is 1.87 bits per heavy atom. The fourth-order valence-corrected chi connectivity index (χ4v) is 0.761. The highest BCUT2D eigenvalue weighted by Crippen LogP contribution is 1.90. The van der Waals surface area contributed by atoms with Gasteiger partial charge >= 0.3 is 13.3 Å². The molecule has 0 aromatic carbocycles. The van der Waals surface area contributed by atoms with E-state index in [1.54, 1.807) is 0 Å². The third-order valence-corrected chi connectivity index (χ3v) is 1.36. The summed E-state index contributed by atoms with van der Waals surface area (Å²) in [5.74, 6) is -0.896. The van der Waals surface area contributed by atoms with Crippen molar-refractivity contribution in [2.75, 3.05) is 13.2 Å². The Morgan fingerprint density at radius 3 is 2.13 bits per heavy atom. The third kappa shape index (κ3) is 16.0. The van der Waals surface area contributed by atoms with Crippen LogP contribution in [0.4, 0.5) is 0 Å². The van der Waals surface area contributed by atoms with Gasteiger partial charge in [-0.25, -0.2) is 0 Å². The Labute approximate surface area is 88.5 Å². The summed E-state index contributed by atoms with van der Waals surface area (Å²) in [4.78, 5) is 10.4. The number of rotatable bonds is 6. The van der Waals surface area contributed by atoms with Gasteiger partial charge < -0.3 is 30.6 Å². The van der Waals surface area contributed by atoms with Gasteiger partial charge in [-0.2, -0.15) is 0 Å². The van der Waals surface area contributed by atoms with E-state index in [0.29, 0.717) is 6.54 Å². The second-order valence-corrected chi connectivity index (χ2v) is 2.70. The van der Waals surface area contributed by atoms with E-state index in [0.717, 1.165) is 6.42 Å². The van der Waals surface area contributed by atoms with Gasteiger partial charge in [0.25, 0.3) is 0 Å².